The van der Waals surface area contributed by atoms with Gasteiger partial charge in [0.05, 0.1) is 7.11 Å². The lowest BCUT2D eigenvalue weighted by atomic mass is 10.1. The van der Waals surface area contributed by atoms with Gasteiger partial charge in [-0.2, -0.15) is 0 Å². The van der Waals surface area contributed by atoms with E-state index in [-0.39, 0.29) is 24.7 Å². The van der Waals surface area contributed by atoms with E-state index in [1.165, 1.54) is 7.11 Å². The molecule has 0 aromatic carbocycles. The molecule has 0 aromatic rings. The third-order valence-electron chi connectivity index (χ3n) is 2.17. The summed E-state index contributed by atoms with van der Waals surface area (Å²) in [5.41, 5.74) is 0. The highest BCUT2D eigenvalue weighted by Crippen LogP contribution is 2.01. The minimum atomic E-state index is -0.228. The van der Waals surface area contributed by atoms with Gasteiger partial charge in [0.25, 0.3) is 0 Å². The number of rotatable bonds is 7. The fourth-order valence-electron chi connectivity index (χ4n) is 1.32. The van der Waals surface area contributed by atoms with Crippen LogP contribution in [0.25, 0.3) is 0 Å². The van der Waals surface area contributed by atoms with Gasteiger partial charge < -0.3 is 15.2 Å². The molecule has 0 aliphatic heterocycles. The van der Waals surface area contributed by atoms with Crippen molar-refractivity contribution in [2.75, 3.05) is 13.7 Å². The number of carbonyl (C=O) groups is 1. The van der Waals surface area contributed by atoms with Crippen LogP contribution in [0.2, 0.25) is 0 Å². The van der Waals surface area contributed by atoms with Crippen LogP contribution in [0.4, 0.5) is 0 Å². The predicted octanol–water partition coefficient (Wildman–Crippen LogP) is 0.689. The summed E-state index contributed by atoms with van der Waals surface area (Å²) in [6, 6.07) is -0.0000992. The van der Waals surface area contributed by atoms with Gasteiger partial charge in [-0.15, -0.1) is 0 Å². The van der Waals surface area contributed by atoms with Gasteiger partial charge in [0.1, 0.15) is 6.04 Å². The van der Waals surface area contributed by atoms with E-state index in [1.807, 2.05) is 13.8 Å². The van der Waals surface area contributed by atoms with Crippen molar-refractivity contribution in [3.8, 4) is 0 Å². The summed E-state index contributed by atoms with van der Waals surface area (Å²) < 4.78 is 4.66. The van der Waals surface area contributed by atoms with Gasteiger partial charge in [-0.05, 0) is 26.2 Å². The number of hydrogen-bond donors (Lipinski definition) is 2. The van der Waals surface area contributed by atoms with Gasteiger partial charge >= 0.3 is 5.97 Å². The average molecular weight is 203 g/mol. The van der Waals surface area contributed by atoms with Crippen molar-refractivity contribution in [3.63, 3.8) is 0 Å². The Morgan fingerprint density at radius 1 is 1.57 bits per heavy atom. The molecule has 4 heteroatoms. The quantitative estimate of drug-likeness (QED) is 0.598. The molecule has 0 amide bonds. The number of methoxy groups -OCH3 is 1. The Labute approximate surface area is 85.6 Å². The summed E-state index contributed by atoms with van der Waals surface area (Å²) >= 11 is 0. The smallest absolute Gasteiger partial charge is 0.322 e. The van der Waals surface area contributed by atoms with E-state index in [4.69, 9.17) is 5.11 Å². The molecular weight excluding hydrogens is 182 g/mol. The van der Waals surface area contributed by atoms with Crippen LogP contribution in [0.15, 0.2) is 0 Å². The lowest BCUT2D eigenvalue weighted by Gasteiger charge is -2.19. The van der Waals surface area contributed by atoms with Crippen LogP contribution in [-0.2, 0) is 9.53 Å². The van der Waals surface area contributed by atoms with Crippen molar-refractivity contribution < 1.29 is 14.6 Å². The molecule has 0 aromatic heterocycles. The van der Waals surface area contributed by atoms with Gasteiger partial charge in [0.15, 0.2) is 0 Å². The minimum Gasteiger partial charge on any atom is -0.468 e. The normalized spacial score (nSPS) is 14.9. The lowest BCUT2D eigenvalue weighted by Crippen LogP contribution is -2.42. The van der Waals surface area contributed by atoms with Crippen LogP contribution in [0.3, 0.4) is 0 Å². The summed E-state index contributed by atoms with van der Waals surface area (Å²) in [4.78, 5) is 11.2. The maximum atomic E-state index is 11.2. The van der Waals surface area contributed by atoms with Crippen LogP contribution < -0.4 is 5.32 Å². The van der Waals surface area contributed by atoms with E-state index in [0.29, 0.717) is 0 Å². The standard InChI is InChI=1S/C10H21NO3/c1-4-9(10(13)14-3)11-8(2)6-5-7-12/h8-9,11-12H,4-7H2,1-3H3. The number of nitrogens with one attached hydrogen (secondary N) is 1. The van der Waals surface area contributed by atoms with Gasteiger partial charge in [-0.1, -0.05) is 6.92 Å². The van der Waals surface area contributed by atoms with Crippen molar-refractivity contribution in [1.29, 1.82) is 0 Å². The molecule has 0 radical (unpaired) electrons. The van der Waals surface area contributed by atoms with Crippen molar-refractivity contribution in [2.24, 2.45) is 0 Å². The van der Waals surface area contributed by atoms with Crippen molar-refractivity contribution in [2.45, 2.75) is 45.2 Å². The Balaban J connectivity index is 3.85. The first-order chi connectivity index (χ1) is 6.65. The molecule has 0 bridgehead atoms. The topological polar surface area (TPSA) is 58.6 Å². The Bertz CT molecular complexity index is 161. The van der Waals surface area contributed by atoms with Crippen molar-refractivity contribution >= 4 is 5.97 Å². The molecule has 0 saturated heterocycles. The molecule has 4 nitrogen and oxygen atoms in total. The first-order valence-corrected chi connectivity index (χ1v) is 5.10. The molecule has 84 valence electrons. The van der Waals surface area contributed by atoms with Gasteiger partial charge in [0, 0.05) is 12.6 Å². The van der Waals surface area contributed by atoms with E-state index < -0.39 is 0 Å². The SMILES string of the molecule is CCC(NC(C)CCCO)C(=O)OC. The molecule has 0 heterocycles. The van der Waals surface area contributed by atoms with Crippen LogP contribution in [0.1, 0.15) is 33.1 Å². The summed E-state index contributed by atoms with van der Waals surface area (Å²) in [5, 5.41) is 11.8. The zero-order valence-electron chi connectivity index (χ0n) is 9.25. The number of hydrogen-bond acceptors (Lipinski definition) is 4. The first-order valence-electron chi connectivity index (χ1n) is 5.10. The maximum Gasteiger partial charge on any atom is 0.322 e. The third kappa shape index (κ3) is 5.19. The molecule has 0 aliphatic rings. The predicted molar refractivity (Wildman–Crippen MR) is 55.0 cm³/mol. The summed E-state index contributed by atoms with van der Waals surface area (Å²) in [6.45, 7) is 4.13. The molecular formula is C10H21NO3. The van der Waals surface area contributed by atoms with Gasteiger partial charge in [-0.3, -0.25) is 4.79 Å². The first kappa shape index (κ1) is 13.4. The van der Waals surface area contributed by atoms with E-state index in [1.54, 1.807) is 0 Å². The van der Waals surface area contributed by atoms with E-state index in [9.17, 15) is 4.79 Å². The number of aliphatic hydroxyl groups excluding tert-OH is 1. The second-order valence-corrected chi connectivity index (χ2v) is 3.42. The van der Waals surface area contributed by atoms with Gasteiger partial charge in [0.2, 0.25) is 0 Å². The van der Waals surface area contributed by atoms with Crippen molar-refractivity contribution in [1.82, 2.24) is 5.32 Å². The summed E-state index contributed by atoms with van der Waals surface area (Å²) in [5.74, 6) is -0.219. The molecule has 2 N–H and O–H groups in total. The third-order valence-corrected chi connectivity index (χ3v) is 2.17. The second-order valence-electron chi connectivity index (χ2n) is 3.42. The molecule has 0 spiro atoms. The highest BCUT2D eigenvalue weighted by molar-refractivity contribution is 5.75. The Kier molecular flexibility index (Phi) is 7.42. The zero-order chi connectivity index (χ0) is 11.0. The molecule has 2 atom stereocenters. The molecule has 0 rings (SSSR count). The van der Waals surface area contributed by atoms with Crippen LogP contribution in [-0.4, -0.2) is 36.9 Å². The van der Waals surface area contributed by atoms with Crippen LogP contribution >= 0.6 is 0 Å². The van der Waals surface area contributed by atoms with Crippen molar-refractivity contribution in [3.05, 3.63) is 0 Å². The number of ether oxygens (including phenoxy) is 1. The zero-order valence-corrected chi connectivity index (χ0v) is 9.25. The van der Waals surface area contributed by atoms with Gasteiger partial charge in [-0.25, -0.2) is 0 Å². The fraction of sp³-hybridized carbons (Fsp3) is 0.900. The van der Waals surface area contributed by atoms with E-state index in [2.05, 4.69) is 10.1 Å². The molecule has 0 aliphatic carbocycles. The average Bonchev–Trinajstić information content (AvgIpc) is 2.21. The highest BCUT2D eigenvalue weighted by atomic mass is 16.5. The number of aliphatic hydroxyl groups is 1. The Hall–Kier alpha value is -0.610. The van der Waals surface area contributed by atoms with Crippen LogP contribution in [0, 0.1) is 0 Å². The molecule has 2 unspecified atom stereocenters. The second kappa shape index (κ2) is 7.76. The molecule has 0 saturated carbocycles. The number of esters is 1. The Morgan fingerprint density at radius 2 is 2.21 bits per heavy atom. The number of carbonyl (C=O) groups excluding carboxylic acids is 1. The van der Waals surface area contributed by atoms with E-state index >= 15 is 0 Å². The summed E-state index contributed by atoms with van der Waals surface area (Å²) in [7, 11) is 1.39. The molecule has 14 heavy (non-hydrogen) atoms. The Morgan fingerprint density at radius 3 is 2.64 bits per heavy atom. The fourth-order valence-corrected chi connectivity index (χ4v) is 1.32. The van der Waals surface area contributed by atoms with E-state index in [0.717, 1.165) is 19.3 Å². The highest BCUT2D eigenvalue weighted by Gasteiger charge is 2.18. The van der Waals surface area contributed by atoms with Crippen LogP contribution in [0.5, 0.6) is 0 Å². The largest absolute Gasteiger partial charge is 0.468 e. The maximum absolute atomic E-state index is 11.2. The summed E-state index contributed by atoms with van der Waals surface area (Å²) in [6.07, 6.45) is 2.34. The lowest BCUT2D eigenvalue weighted by molar-refractivity contribution is -0.143. The monoisotopic (exact) mass is 203 g/mol. The minimum absolute atomic E-state index is 0.195. The molecule has 0 fully saturated rings.